The van der Waals surface area contributed by atoms with E-state index in [9.17, 15) is 27.9 Å². The van der Waals surface area contributed by atoms with E-state index in [1.54, 1.807) is 66.3 Å². The highest BCUT2D eigenvalue weighted by Gasteiger charge is 2.40. The molecule has 0 aliphatic rings. The van der Waals surface area contributed by atoms with E-state index in [0.29, 0.717) is 16.9 Å². The first kappa shape index (κ1) is 31.4. The number of amides is 1. The van der Waals surface area contributed by atoms with Gasteiger partial charge in [-0.1, -0.05) is 55.8 Å². The molecule has 4 rings (SSSR count). The number of nitrogens with zero attached hydrogens (tertiary/aromatic N) is 2. The second-order valence-electron chi connectivity index (χ2n) is 10.0. The van der Waals surface area contributed by atoms with Crippen LogP contribution in [0.1, 0.15) is 57.5 Å². The van der Waals surface area contributed by atoms with Crippen molar-refractivity contribution in [3.8, 4) is 17.2 Å². The Morgan fingerprint density at radius 2 is 1.81 bits per heavy atom. The van der Waals surface area contributed by atoms with Gasteiger partial charge in [0.15, 0.2) is 11.9 Å². The van der Waals surface area contributed by atoms with Gasteiger partial charge in [-0.2, -0.15) is 13.2 Å². The summed E-state index contributed by atoms with van der Waals surface area (Å²) in [5, 5.41) is 13.5. The molecule has 0 spiro atoms. The quantitative estimate of drug-likeness (QED) is 0.181. The van der Waals surface area contributed by atoms with Crippen LogP contribution in [0.3, 0.4) is 0 Å². The molecule has 0 aliphatic heterocycles. The second kappa shape index (κ2) is 13.2. The number of phenolic OH excluding ortho intramolecular Hbond substituents is 1. The minimum Gasteiger partial charge on any atom is -0.506 e. The van der Waals surface area contributed by atoms with Crippen LogP contribution in [-0.2, 0) is 19.8 Å². The van der Waals surface area contributed by atoms with Gasteiger partial charge < -0.3 is 24.5 Å². The Hall–Kier alpha value is -4.51. The van der Waals surface area contributed by atoms with Crippen molar-refractivity contribution < 1.29 is 37.3 Å². The number of para-hydroxylation sites is 1. The van der Waals surface area contributed by atoms with Gasteiger partial charge in [0.25, 0.3) is 5.91 Å². The van der Waals surface area contributed by atoms with E-state index in [0.717, 1.165) is 12.1 Å². The number of rotatable bonds is 11. The Kier molecular flexibility index (Phi) is 9.65. The maximum Gasteiger partial charge on any atom is 0.423 e. The Labute approximate surface area is 251 Å². The Balaban J connectivity index is 1.59. The lowest BCUT2D eigenvalue weighted by molar-refractivity contribution is -0.140. The number of carbonyl (C=O) groups is 2. The molecule has 4 aromatic rings. The molecule has 0 fully saturated rings. The summed E-state index contributed by atoms with van der Waals surface area (Å²) in [5.41, 5.74) is -0.575. The number of alkyl halides is 3. The standard InChI is InChI=1S/C31H29ClF3N3O5/c1-18(2)28(39)22-11-12-25(27(29(22)40)31(33,34)35)42-16-26(43-20-7-5-4-6-8-20)21-10-9-19(13-23(21)32)14-36-30(41)24-15-38(3)17-37-24/h4-13,15,17-18,26,40H,14,16H2,1-3H3,(H,36,41). The van der Waals surface area contributed by atoms with Gasteiger partial charge in [0.05, 0.1) is 11.9 Å². The fourth-order valence-corrected chi connectivity index (χ4v) is 4.56. The molecule has 3 aromatic carbocycles. The topological polar surface area (TPSA) is 103 Å². The molecule has 1 unspecified atom stereocenters. The number of hydrogen-bond donors (Lipinski definition) is 2. The third-order valence-electron chi connectivity index (χ3n) is 6.43. The Bertz CT molecular complexity index is 1610. The van der Waals surface area contributed by atoms with Crippen molar-refractivity contribution in [3.05, 3.63) is 106 Å². The molecule has 8 nitrogen and oxygen atoms in total. The summed E-state index contributed by atoms with van der Waals surface area (Å²) in [7, 11) is 1.75. The predicted molar refractivity (Wildman–Crippen MR) is 153 cm³/mol. The van der Waals surface area contributed by atoms with Gasteiger partial charge in [0, 0.05) is 36.3 Å². The normalized spacial score (nSPS) is 12.2. The lowest BCUT2D eigenvalue weighted by atomic mass is 9.97. The van der Waals surface area contributed by atoms with Crippen LogP contribution in [0, 0.1) is 5.92 Å². The van der Waals surface area contributed by atoms with E-state index in [2.05, 4.69) is 10.3 Å². The molecule has 1 aromatic heterocycles. The van der Waals surface area contributed by atoms with Crippen LogP contribution in [-0.4, -0.2) is 33.0 Å². The number of phenols is 1. The van der Waals surface area contributed by atoms with E-state index >= 15 is 0 Å². The Morgan fingerprint density at radius 1 is 1.09 bits per heavy atom. The molecule has 226 valence electrons. The molecule has 43 heavy (non-hydrogen) atoms. The van der Waals surface area contributed by atoms with Crippen LogP contribution in [0.5, 0.6) is 17.2 Å². The fourth-order valence-electron chi connectivity index (χ4n) is 4.24. The first-order chi connectivity index (χ1) is 20.3. The molecule has 12 heteroatoms. The molecule has 1 amide bonds. The van der Waals surface area contributed by atoms with Crippen LogP contribution >= 0.6 is 11.6 Å². The SMILES string of the molecule is CC(C)C(=O)c1ccc(OCC(Oc2ccccc2)c2ccc(CNC(=O)c3cn(C)cn3)cc2Cl)c(C(F)(F)F)c1O. The molecule has 0 saturated heterocycles. The van der Waals surface area contributed by atoms with Gasteiger partial charge in [-0.25, -0.2) is 4.98 Å². The van der Waals surface area contributed by atoms with E-state index in [4.69, 9.17) is 21.1 Å². The molecule has 2 N–H and O–H groups in total. The second-order valence-corrected chi connectivity index (χ2v) is 10.5. The number of nitrogens with one attached hydrogen (secondary N) is 1. The lowest BCUT2D eigenvalue weighted by Gasteiger charge is -2.23. The van der Waals surface area contributed by atoms with Crippen LogP contribution in [0.25, 0.3) is 0 Å². The molecular formula is C31H29ClF3N3O5. The smallest absolute Gasteiger partial charge is 0.423 e. The minimum absolute atomic E-state index is 0.145. The average molecular weight is 616 g/mol. The van der Waals surface area contributed by atoms with Crippen molar-refractivity contribution in [2.75, 3.05) is 6.61 Å². The maximum atomic E-state index is 14.1. The summed E-state index contributed by atoms with van der Waals surface area (Å²) in [5.74, 6) is -3.09. The van der Waals surface area contributed by atoms with Crippen molar-refractivity contribution >= 4 is 23.3 Å². The number of aromatic hydroxyl groups is 1. The zero-order chi connectivity index (χ0) is 31.3. The molecule has 0 radical (unpaired) electrons. The van der Waals surface area contributed by atoms with E-state index in [-0.39, 0.29) is 23.2 Å². The van der Waals surface area contributed by atoms with Crippen molar-refractivity contribution in [2.45, 2.75) is 32.7 Å². The molecule has 0 bridgehead atoms. The number of ketones is 1. The number of Topliss-reactive ketones (excluding diaryl/α,β-unsaturated/α-hetero) is 1. The number of aryl methyl sites for hydroxylation is 1. The van der Waals surface area contributed by atoms with Crippen molar-refractivity contribution in [1.29, 1.82) is 0 Å². The fraction of sp³-hybridized carbons (Fsp3) is 0.258. The van der Waals surface area contributed by atoms with E-state index in [1.807, 2.05) is 0 Å². The highest BCUT2D eigenvalue weighted by atomic mass is 35.5. The zero-order valence-electron chi connectivity index (χ0n) is 23.5. The Morgan fingerprint density at radius 3 is 2.42 bits per heavy atom. The van der Waals surface area contributed by atoms with Crippen LogP contribution < -0.4 is 14.8 Å². The van der Waals surface area contributed by atoms with Crippen LogP contribution in [0.15, 0.2) is 73.2 Å². The number of aromatic nitrogens is 2. The molecule has 1 heterocycles. The van der Waals surface area contributed by atoms with Crippen molar-refractivity contribution in [2.24, 2.45) is 13.0 Å². The summed E-state index contributed by atoms with van der Waals surface area (Å²) in [6.45, 7) is 2.76. The van der Waals surface area contributed by atoms with Crippen molar-refractivity contribution in [3.63, 3.8) is 0 Å². The van der Waals surface area contributed by atoms with Crippen LogP contribution in [0.4, 0.5) is 13.2 Å². The third kappa shape index (κ3) is 7.66. The molecule has 0 saturated carbocycles. The largest absolute Gasteiger partial charge is 0.506 e. The van der Waals surface area contributed by atoms with Gasteiger partial charge in [-0.3, -0.25) is 9.59 Å². The minimum atomic E-state index is -5.01. The summed E-state index contributed by atoms with van der Waals surface area (Å²) < 4.78 is 55.5. The monoisotopic (exact) mass is 615 g/mol. The van der Waals surface area contributed by atoms with Crippen LogP contribution in [0.2, 0.25) is 5.02 Å². The van der Waals surface area contributed by atoms with Gasteiger partial charge in [-0.05, 0) is 35.9 Å². The number of halogens is 4. The molecule has 0 aliphatic carbocycles. The highest BCUT2D eigenvalue weighted by molar-refractivity contribution is 6.31. The third-order valence-corrected chi connectivity index (χ3v) is 6.75. The highest BCUT2D eigenvalue weighted by Crippen LogP contribution is 2.44. The number of imidazole rings is 1. The summed E-state index contributed by atoms with van der Waals surface area (Å²) in [4.78, 5) is 28.8. The maximum absolute atomic E-state index is 14.1. The van der Waals surface area contributed by atoms with E-state index < -0.39 is 53.2 Å². The van der Waals surface area contributed by atoms with Gasteiger partial charge >= 0.3 is 6.18 Å². The predicted octanol–water partition coefficient (Wildman–Crippen LogP) is 6.77. The zero-order valence-corrected chi connectivity index (χ0v) is 24.2. The first-order valence-electron chi connectivity index (χ1n) is 13.2. The molecule has 1 atom stereocenters. The summed E-state index contributed by atoms with van der Waals surface area (Å²) >= 11 is 6.60. The number of hydrogen-bond acceptors (Lipinski definition) is 6. The first-order valence-corrected chi connectivity index (χ1v) is 13.6. The van der Waals surface area contributed by atoms with Gasteiger partial charge in [0.2, 0.25) is 0 Å². The number of ether oxygens (including phenoxy) is 2. The summed E-state index contributed by atoms with van der Waals surface area (Å²) in [6, 6.07) is 15.6. The lowest BCUT2D eigenvalue weighted by Crippen LogP contribution is -2.23. The summed E-state index contributed by atoms with van der Waals surface area (Å²) in [6.07, 6.45) is -2.90. The van der Waals surface area contributed by atoms with Gasteiger partial charge in [-0.15, -0.1) is 0 Å². The van der Waals surface area contributed by atoms with Crippen molar-refractivity contribution in [1.82, 2.24) is 14.9 Å². The van der Waals surface area contributed by atoms with E-state index in [1.165, 1.54) is 20.2 Å². The van der Waals surface area contributed by atoms with Gasteiger partial charge in [0.1, 0.15) is 35.1 Å². The average Bonchev–Trinajstić information content (AvgIpc) is 3.40. The number of carbonyl (C=O) groups excluding carboxylic acids is 2. The number of benzene rings is 3. The molecular weight excluding hydrogens is 587 g/mol.